The van der Waals surface area contributed by atoms with Crippen molar-refractivity contribution in [1.29, 1.82) is 0 Å². The van der Waals surface area contributed by atoms with Crippen LogP contribution in [0.25, 0.3) is 0 Å². The van der Waals surface area contributed by atoms with Crippen LogP contribution in [0.1, 0.15) is 26.2 Å². The second kappa shape index (κ2) is 4.55. The molecule has 0 aromatic carbocycles. The molecule has 0 radical (unpaired) electrons. The molecule has 0 amide bonds. The van der Waals surface area contributed by atoms with Gasteiger partial charge in [0.1, 0.15) is 0 Å². The zero-order chi connectivity index (χ0) is 11.0. The molecule has 2 aliphatic rings. The second-order valence-electron chi connectivity index (χ2n) is 5.51. The van der Waals surface area contributed by atoms with Gasteiger partial charge in [0.2, 0.25) is 0 Å². The molecule has 1 nitrogen and oxygen atoms in total. The van der Waals surface area contributed by atoms with Crippen molar-refractivity contribution in [1.82, 2.24) is 4.90 Å². The predicted molar refractivity (Wildman–Crippen MR) is 70.1 cm³/mol. The van der Waals surface area contributed by atoms with Crippen LogP contribution >= 0.6 is 9.24 Å². The average Bonchev–Trinajstić information content (AvgIpc) is 2.97. The monoisotopic (exact) mass is 225 g/mol. The molecule has 1 heterocycles. The Bertz CT molecular complexity index is 241. The summed E-state index contributed by atoms with van der Waals surface area (Å²) in [6.45, 7) is 9.10. The third-order valence-corrected chi connectivity index (χ3v) is 4.70. The van der Waals surface area contributed by atoms with E-state index in [1.54, 1.807) is 0 Å². The van der Waals surface area contributed by atoms with Crippen molar-refractivity contribution < 1.29 is 0 Å². The van der Waals surface area contributed by atoms with E-state index < -0.39 is 0 Å². The molecule has 0 aromatic rings. The largest absolute Gasteiger partial charge is 0.306 e. The topological polar surface area (TPSA) is 3.24 Å². The van der Waals surface area contributed by atoms with E-state index in [1.807, 2.05) is 0 Å². The fourth-order valence-electron chi connectivity index (χ4n) is 2.96. The number of hydrogen-bond donors (Lipinski definition) is 0. The molecule has 2 heteroatoms. The minimum absolute atomic E-state index is 0.603. The number of piperidine rings is 1. The van der Waals surface area contributed by atoms with Gasteiger partial charge in [0, 0.05) is 0 Å². The summed E-state index contributed by atoms with van der Waals surface area (Å²) < 4.78 is 0. The van der Waals surface area contributed by atoms with Gasteiger partial charge in [-0.3, -0.25) is 0 Å². The van der Waals surface area contributed by atoms with Crippen LogP contribution in [0.2, 0.25) is 0 Å². The summed E-state index contributed by atoms with van der Waals surface area (Å²) >= 11 is 0. The van der Waals surface area contributed by atoms with Crippen molar-refractivity contribution >= 4 is 9.24 Å². The molecule has 0 spiro atoms. The lowest BCUT2D eigenvalue weighted by Gasteiger charge is -2.29. The van der Waals surface area contributed by atoms with Crippen LogP contribution in [0.5, 0.6) is 0 Å². The van der Waals surface area contributed by atoms with E-state index in [0.29, 0.717) is 5.66 Å². The Labute approximate surface area is 96.5 Å². The number of likely N-dealkylation sites (tertiary alicyclic amines) is 1. The molecule has 15 heavy (non-hydrogen) atoms. The highest BCUT2D eigenvalue weighted by molar-refractivity contribution is 7.18. The summed E-state index contributed by atoms with van der Waals surface area (Å²) in [4.78, 5) is 2.46. The van der Waals surface area contributed by atoms with Crippen molar-refractivity contribution in [3.05, 3.63) is 12.2 Å². The van der Waals surface area contributed by atoms with Gasteiger partial charge in [0.15, 0.2) is 0 Å². The van der Waals surface area contributed by atoms with Crippen LogP contribution in [0.4, 0.5) is 0 Å². The lowest BCUT2D eigenvalue weighted by atomic mass is 9.90. The summed E-state index contributed by atoms with van der Waals surface area (Å²) in [6.07, 6.45) is 4.25. The van der Waals surface area contributed by atoms with Crippen LogP contribution in [0.3, 0.4) is 0 Å². The summed E-state index contributed by atoms with van der Waals surface area (Å²) in [5, 5.41) is 0. The van der Waals surface area contributed by atoms with Crippen LogP contribution in [0.15, 0.2) is 12.2 Å². The first-order chi connectivity index (χ1) is 7.09. The van der Waals surface area contributed by atoms with Crippen LogP contribution in [-0.2, 0) is 0 Å². The maximum atomic E-state index is 4.24. The van der Waals surface area contributed by atoms with E-state index in [0.717, 1.165) is 17.8 Å². The molecule has 0 aromatic heterocycles. The van der Waals surface area contributed by atoms with Crippen molar-refractivity contribution in [3.63, 3.8) is 0 Å². The van der Waals surface area contributed by atoms with E-state index in [-0.39, 0.29) is 0 Å². The lowest BCUT2D eigenvalue weighted by Crippen LogP contribution is -2.31. The highest BCUT2D eigenvalue weighted by Crippen LogP contribution is 2.52. The summed E-state index contributed by atoms with van der Waals surface area (Å²) in [6, 6.07) is 0. The highest BCUT2D eigenvalue weighted by atomic mass is 31.0. The molecule has 1 aliphatic heterocycles. The number of nitrogens with zero attached hydrogens (tertiary/aromatic N) is 1. The van der Waals surface area contributed by atoms with Gasteiger partial charge in [-0.2, -0.15) is 0 Å². The van der Waals surface area contributed by atoms with Crippen LogP contribution in [0, 0.1) is 17.8 Å². The maximum absolute atomic E-state index is 4.24. The Morgan fingerprint density at radius 2 is 2.00 bits per heavy atom. The van der Waals surface area contributed by atoms with E-state index in [2.05, 4.69) is 34.7 Å². The Morgan fingerprint density at radius 1 is 1.40 bits per heavy atom. The van der Waals surface area contributed by atoms with Gasteiger partial charge in [-0.25, -0.2) is 0 Å². The molecule has 4 atom stereocenters. The molecule has 1 aliphatic carbocycles. The Balaban J connectivity index is 1.81. The van der Waals surface area contributed by atoms with Gasteiger partial charge in [0.05, 0.1) is 0 Å². The Morgan fingerprint density at radius 3 is 2.53 bits per heavy atom. The smallest absolute Gasteiger partial charge is 0.00190 e. The van der Waals surface area contributed by atoms with E-state index in [1.165, 1.54) is 37.9 Å². The number of allylic oxidation sites excluding steroid dienone is 1. The Kier molecular flexibility index (Phi) is 3.52. The molecule has 2 fully saturated rings. The van der Waals surface area contributed by atoms with Gasteiger partial charge in [-0.15, -0.1) is 9.24 Å². The zero-order valence-corrected chi connectivity index (χ0v) is 11.2. The number of hydrogen-bond acceptors (Lipinski definition) is 1. The minimum atomic E-state index is 0.603. The first-order valence-corrected chi connectivity index (χ1v) is 6.89. The zero-order valence-electron chi connectivity index (χ0n) is 10.1. The van der Waals surface area contributed by atoms with Gasteiger partial charge in [-0.1, -0.05) is 19.1 Å². The van der Waals surface area contributed by atoms with Crippen molar-refractivity contribution in [2.75, 3.05) is 20.1 Å². The normalized spacial score (nSPS) is 35.1. The molecule has 86 valence electrons. The van der Waals surface area contributed by atoms with Crippen LogP contribution in [-0.4, -0.2) is 30.7 Å². The van der Waals surface area contributed by atoms with Gasteiger partial charge in [-0.05, 0) is 62.8 Å². The van der Waals surface area contributed by atoms with Crippen molar-refractivity contribution in [3.8, 4) is 0 Å². The SMILES string of the molecule is C=C(C(C)P)C1CC1C1CCN(C)CC1. The van der Waals surface area contributed by atoms with E-state index in [4.69, 9.17) is 0 Å². The van der Waals surface area contributed by atoms with Crippen molar-refractivity contribution in [2.45, 2.75) is 31.8 Å². The lowest BCUT2D eigenvalue weighted by molar-refractivity contribution is 0.201. The molecular weight excluding hydrogens is 201 g/mol. The molecule has 0 bridgehead atoms. The number of rotatable bonds is 3. The quantitative estimate of drug-likeness (QED) is 0.527. The summed E-state index contributed by atoms with van der Waals surface area (Å²) in [5.41, 5.74) is 2.08. The second-order valence-corrected chi connectivity index (χ2v) is 6.51. The maximum Gasteiger partial charge on any atom is -0.00190 e. The average molecular weight is 225 g/mol. The molecule has 1 saturated carbocycles. The van der Waals surface area contributed by atoms with Gasteiger partial charge in [0.25, 0.3) is 0 Å². The molecule has 2 rings (SSSR count). The predicted octanol–water partition coefficient (Wildman–Crippen LogP) is 2.78. The fourth-order valence-corrected chi connectivity index (χ4v) is 3.20. The third kappa shape index (κ3) is 2.63. The van der Waals surface area contributed by atoms with Crippen molar-refractivity contribution in [2.24, 2.45) is 17.8 Å². The first kappa shape index (κ1) is 11.6. The van der Waals surface area contributed by atoms with E-state index in [9.17, 15) is 0 Å². The van der Waals surface area contributed by atoms with E-state index >= 15 is 0 Å². The Hall–Kier alpha value is 0.130. The fraction of sp³-hybridized carbons (Fsp3) is 0.846. The minimum Gasteiger partial charge on any atom is -0.306 e. The first-order valence-electron chi connectivity index (χ1n) is 6.22. The van der Waals surface area contributed by atoms with Gasteiger partial charge >= 0.3 is 0 Å². The molecular formula is C13H24NP. The van der Waals surface area contributed by atoms with Gasteiger partial charge < -0.3 is 4.90 Å². The molecule has 1 saturated heterocycles. The van der Waals surface area contributed by atoms with Crippen LogP contribution < -0.4 is 0 Å². The standard InChI is InChI=1S/C13H24NP/c1-9(10(2)15)12-8-13(12)11-4-6-14(3)7-5-11/h10-13H,1,4-8,15H2,2-3H3. The molecule has 0 N–H and O–H groups in total. The molecule has 4 unspecified atom stereocenters. The summed E-state index contributed by atoms with van der Waals surface area (Å²) in [7, 11) is 5.12. The highest BCUT2D eigenvalue weighted by Gasteiger charge is 2.44. The third-order valence-electron chi connectivity index (χ3n) is 4.27. The summed E-state index contributed by atoms with van der Waals surface area (Å²) in [5.74, 6) is 2.83.